The number of carbonyl (C=O) groups is 1. The minimum absolute atomic E-state index is 0.0616. The third kappa shape index (κ3) is 2.93. The fourth-order valence-corrected chi connectivity index (χ4v) is 2.24. The molecule has 1 amide bonds. The first-order valence-electron chi connectivity index (χ1n) is 6.46. The van der Waals surface area contributed by atoms with Gasteiger partial charge < -0.3 is 14.8 Å². The highest BCUT2D eigenvalue weighted by atomic mass is 16.5. The van der Waals surface area contributed by atoms with Gasteiger partial charge in [-0.2, -0.15) is 0 Å². The number of anilines is 1. The third-order valence-corrected chi connectivity index (χ3v) is 3.15. The molecule has 0 unspecified atom stereocenters. The van der Waals surface area contributed by atoms with E-state index in [2.05, 4.69) is 5.16 Å². The first-order chi connectivity index (χ1) is 9.27. The number of benzene rings is 1. The Morgan fingerprint density at radius 2 is 2.26 bits per heavy atom. The molecule has 0 bridgehead atoms. The number of hydrogen-bond donors (Lipinski definition) is 1. The van der Waals surface area contributed by atoms with Crippen LogP contribution in [0.4, 0.5) is 5.69 Å². The Balaban J connectivity index is 2.33. The monoisotopic (exact) mass is 262 g/mol. The molecule has 5 nitrogen and oxygen atoms in total. The van der Waals surface area contributed by atoms with Crippen LogP contribution in [-0.4, -0.2) is 36.6 Å². The first-order valence-corrected chi connectivity index (χ1v) is 6.46. The number of amides is 1. The molecule has 0 aliphatic carbocycles. The van der Waals surface area contributed by atoms with Gasteiger partial charge in [-0.3, -0.25) is 4.79 Å². The topological polar surface area (TPSA) is 62.1 Å². The Hall–Kier alpha value is -1.88. The predicted octanol–water partition coefficient (Wildman–Crippen LogP) is 2.03. The second-order valence-corrected chi connectivity index (χ2v) is 4.35. The Labute approximate surface area is 112 Å². The molecule has 5 heteroatoms. The van der Waals surface area contributed by atoms with E-state index < -0.39 is 0 Å². The van der Waals surface area contributed by atoms with Gasteiger partial charge in [0.2, 0.25) is 0 Å². The van der Waals surface area contributed by atoms with E-state index in [0.29, 0.717) is 25.3 Å². The normalized spacial score (nSPS) is 17.1. The minimum Gasteiger partial charge on any atom is -0.411 e. The van der Waals surface area contributed by atoms with E-state index in [9.17, 15) is 4.79 Å². The van der Waals surface area contributed by atoms with Crippen molar-refractivity contribution in [2.75, 3.05) is 24.7 Å². The standard InChI is InChI=1S/C14H18N2O3/c1-2-19-10-14(17)16-9-5-7-12(15-18)11-6-3-4-8-13(11)16/h3-4,6,8,18H,2,5,7,9-10H2,1H3/b15-12-. The summed E-state index contributed by atoms with van der Waals surface area (Å²) in [5.41, 5.74) is 2.23. The molecule has 19 heavy (non-hydrogen) atoms. The van der Waals surface area contributed by atoms with Crippen molar-refractivity contribution >= 4 is 17.3 Å². The van der Waals surface area contributed by atoms with E-state index in [0.717, 1.165) is 17.7 Å². The van der Waals surface area contributed by atoms with E-state index in [1.54, 1.807) is 4.90 Å². The molecule has 2 rings (SSSR count). The molecular formula is C14H18N2O3. The molecule has 0 saturated carbocycles. The molecule has 0 fully saturated rings. The van der Waals surface area contributed by atoms with E-state index >= 15 is 0 Å². The van der Waals surface area contributed by atoms with Gasteiger partial charge in [0.25, 0.3) is 5.91 Å². The molecule has 0 saturated heterocycles. The van der Waals surface area contributed by atoms with Crippen molar-refractivity contribution in [3.63, 3.8) is 0 Å². The van der Waals surface area contributed by atoms with Crippen LogP contribution in [0.3, 0.4) is 0 Å². The van der Waals surface area contributed by atoms with Crippen molar-refractivity contribution in [3.8, 4) is 0 Å². The predicted molar refractivity (Wildman–Crippen MR) is 72.8 cm³/mol. The third-order valence-electron chi connectivity index (χ3n) is 3.15. The number of hydrogen-bond acceptors (Lipinski definition) is 4. The Bertz CT molecular complexity index is 485. The summed E-state index contributed by atoms with van der Waals surface area (Å²) in [5, 5.41) is 12.4. The van der Waals surface area contributed by atoms with Crippen molar-refractivity contribution in [1.29, 1.82) is 0 Å². The summed E-state index contributed by atoms with van der Waals surface area (Å²) in [5.74, 6) is -0.0616. The quantitative estimate of drug-likeness (QED) is 0.669. The average molecular weight is 262 g/mol. The molecule has 1 aliphatic rings. The molecule has 0 aromatic heterocycles. The van der Waals surface area contributed by atoms with Gasteiger partial charge in [-0.05, 0) is 25.8 Å². The van der Waals surface area contributed by atoms with Crippen LogP contribution in [0, 0.1) is 0 Å². The zero-order valence-corrected chi connectivity index (χ0v) is 11.0. The molecule has 1 aromatic carbocycles. The summed E-state index contributed by atoms with van der Waals surface area (Å²) < 4.78 is 5.19. The van der Waals surface area contributed by atoms with E-state index in [1.807, 2.05) is 31.2 Å². The van der Waals surface area contributed by atoms with Crippen LogP contribution < -0.4 is 4.90 Å². The second-order valence-electron chi connectivity index (χ2n) is 4.35. The van der Waals surface area contributed by atoms with Gasteiger partial charge in [-0.15, -0.1) is 0 Å². The zero-order valence-electron chi connectivity index (χ0n) is 11.0. The lowest BCUT2D eigenvalue weighted by Gasteiger charge is -2.22. The maximum Gasteiger partial charge on any atom is 0.252 e. The lowest BCUT2D eigenvalue weighted by Crippen LogP contribution is -2.34. The molecule has 0 spiro atoms. The lowest BCUT2D eigenvalue weighted by molar-refractivity contribution is -0.122. The van der Waals surface area contributed by atoms with Gasteiger partial charge in [0.15, 0.2) is 0 Å². The smallest absolute Gasteiger partial charge is 0.252 e. The van der Waals surface area contributed by atoms with Gasteiger partial charge in [0.1, 0.15) is 6.61 Å². The van der Waals surface area contributed by atoms with E-state index in [4.69, 9.17) is 9.94 Å². The van der Waals surface area contributed by atoms with Gasteiger partial charge >= 0.3 is 0 Å². The van der Waals surface area contributed by atoms with Crippen molar-refractivity contribution in [1.82, 2.24) is 0 Å². The molecule has 102 valence electrons. The molecule has 0 atom stereocenters. The van der Waals surface area contributed by atoms with Crippen LogP contribution in [0.15, 0.2) is 29.4 Å². The van der Waals surface area contributed by atoms with Gasteiger partial charge in [0, 0.05) is 18.7 Å². The van der Waals surface area contributed by atoms with Crippen LogP contribution in [0.5, 0.6) is 0 Å². The minimum atomic E-state index is -0.0616. The summed E-state index contributed by atoms with van der Waals surface area (Å²) in [6, 6.07) is 7.49. The fourth-order valence-electron chi connectivity index (χ4n) is 2.24. The second kappa shape index (κ2) is 6.33. The highest BCUT2D eigenvalue weighted by Gasteiger charge is 2.23. The lowest BCUT2D eigenvalue weighted by atomic mass is 10.1. The van der Waals surface area contributed by atoms with Crippen molar-refractivity contribution in [2.24, 2.45) is 5.16 Å². The number of ether oxygens (including phenoxy) is 1. The molecule has 1 aliphatic heterocycles. The van der Waals surface area contributed by atoms with Crippen molar-refractivity contribution in [3.05, 3.63) is 29.8 Å². The maximum absolute atomic E-state index is 12.2. The summed E-state index contributed by atoms with van der Waals surface area (Å²) in [7, 11) is 0. The number of fused-ring (bicyclic) bond motifs is 1. The van der Waals surface area contributed by atoms with Gasteiger partial charge in [0.05, 0.1) is 11.4 Å². The molecule has 1 aromatic rings. The van der Waals surface area contributed by atoms with Crippen LogP contribution in [-0.2, 0) is 9.53 Å². The van der Waals surface area contributed by atoms with Gasteiger partial charge in [-0.25, -0.2) is 0 Å². The van der Waals surface area contributed by atoms with Crippen molar-refractivity contribution < 1.29 is 14.7 Å². The average Bonchev–Trinajstić information content (AvgIpc) is 2.64. The van der Waals surface area contributed by atoms with Crippen LogP contribution >= 0.6 is 0 Å². The Morgan fingerprint density at radius 3 is 3.00 bits per heavy atom. The van der Waals surface area contributed by atoms with Crippen LogP contribution in [0.25, 0.3) is 0 Å². The molecular weight excluding hydrogens is 244 g/mol. The SMILES string of the molecule is CCOCC(=O)N1CCC/C(=N/O)c2ccccc21. The summed E-state index contributed by atoms with van der Waals surface area (Å²) in [4.78, 5) is 13.9. The number of rotatable bonds is 3. The molecule has 1 heterocycles. The van der Waals surface area contributed by atoms with E-state index in [-0.39, 0.29) is 12.5 Å². The number of nitrogens with zero attached hydrogens (tertiary/aromatic N) is 2. The highest BCUT2D eigenvalue weighted by Crippen LogP contribution is 2.26. The molecule has 0 radical (unpaired) electrons. The van der Waals surface area contributed by atoms with Crippen LogP contribution in [0.2, 0.25) is 0 Å². The Morgan fingerprint density at radius 1 is 1.47 bits per heavy atom. The van der Waals surface area contributed by atoms with Gasteiger partial charge in [-0.1, -0.05) is 23.4 Å². The largest absolute Gasteiger partial charge is 0.411 e. The summed E-state index contributed by atoms with van der Waals surface area (Å²) >= 11 is 0. The van der Waals surface area contributed by atoms with E-state index in [1.165, 1.54) is 0 Å². The summed E-state index contributed by atoms with van der Waals surface area (Å²) in [6.07, 6.45) is 1.43. The Kier molecular flexibility index (Phi) is 4.52. The number of para-hydroxylation sites is 1. The number of oxime groups is 1. The van der Waals surface area contributed by atoms with Crippen LogP contribution in [0.1, 0.15) is 25.3 Å². The first kappa shape index (κ1) is 13.5. The van der Waals surface area contributed by atoms with Crippen molar-refractivity contribution in [2.45, 2.75) is 19.8 Å². The molecule has 1 N–H and O–H groups in total. The maximum atomic E-state index is 12.2. The highest BCUT2D eigenvalue weighted by molar-refractivity contribution is 6.09. The number of carbonyl (C=O) groups excluding carboxylic acids is 1. The fraction of sp³-hybridized carbons (Fsp3) is 0.429. The summed E-state index contributed by atoms with van der Waals surface area (Å²) in [6.45, 7) is 3.07. The zero-order chi connectivity index (χ0) is 13.7.